The summed E-state index contributed by atoms with van der Waals surface area (Å²) in [6.07, 6.45) is 0. The molecule has 0 aliphatic rings. The van der Waals surface area contributed by atoms with Crippen LogP contribution in [-0.2, 0) is 13.7 Å². The van der Waals surface area contributed by atoms with Crippen LogP contribution < -0.4 is 5.32 Å². The highest BCUT2D eigenvalue weighted by atomic mass is 32.1. The summed E-state index contributed by atoms with van der Waals surface area (Å²) in [5.41, 5.74) is 0.581. The summed E-state index contributed by atoms with van der Waals surface area (Å²) >= 11 is 0.769. The molecule has 0 spiro atoms. The molecule has 90 valence electrons. The van der Waals surface area contributed by atoms with Crippen LogP contribution in [0.25, 0.3) is 0 Å². The maximum absolute atomic E-state index is 12.7. The Kier molecular flexibility index (Phi) is 3.21. The Hall–Kier alpha value is -1.73. The summed E-state index contributed by atoms with van der Waals surface area (Å²) in [6.45, 7) is -0.160. The normalized spacial score (nSPS) is 10.5. The molecule has 0 atom stereocenters. The topological polar surface area (TPSA) is 67.2 Å². The van der Waals surface area contributed by atoms with Gasteiger partial charge in [0.2, 0.25) is 0 Å². The van der Waals surface area contributed by atoms with Gasteiger partial charge in [-0.3, -0.25) is 9.48 Å². The van der Waals surface area contributed by atoms with E-state index < -0.39 is 11.0 Å². The molecule has 2 N–H and O–H groups in total. The molecule has 0 aromatic carbocycles. The van der Waals surface area contributed by atoms with Crippen molar-refractivity contribution in [1.82, 2.24) is 9.78 Å². The molecule has 2 heterocycles. The fourth-order valence-electron chi connectivity index (χ4n) is 1.33. The zero-order valence-electron chi connectivity index (χ0n) is 8.98. The van der Waals surface area contributed by atoms with Crippen molar-refractivity contribution in [1.29, 1.82) is 0 Å². The zero-order valence-corrected chi connectivity index (χ0v) is 9.79. The number of anilines is 1. The van der Waals surface area contributed by atoms with Crippen molar-refractivity contribution >= 4 is 23.1 Å². The largest absolute Gasteiger partial charge is 0.390 e. The molecule has 0 bridgehead atoms. The molecule has 0 saturated heterocycles. The highest BCUT2D eigenvalue weighted by Crippen LogP contribution is 2.16. The van der Waals surface area contributed by atoms with Crippen LogP contribution >= 0.6 is 11.3 Å². The minimum Gasteiger partial charge on any atom is -0.390 e. The average molecular weight is 255 g/mol. The monoisotopic (exact) mass is 255 g/mol. The van der Waals surface area contributed by atoms with E-state index >= 15 is 0 Å². The zero-order chi connectivity index (χ0) is 12.4. The van der Waals surface area contributed by atoms with Gasteiger partial charge < -0.3 is 10.4 Å². The van der Waals surface area contributed by atoms with Gasteiger partial charge in [-0.15, -0.1) is 11.3 Å². The second-order valence-corrected chi connectivity index (χ2v) is 4.39. The number of hydrogen-bond acceptors (Lipinski definition) is 4. The van der Waals surface area contributed by atoms with Gasteiger partial charge in [-0.2, -0.15) is 9.49 Å². The van der Waals surface area contributed by atoms with Crippen molar-refractivity contribution in [2.24, 2.45) is 7.05 Å². The lowest BCUT2D eigenvalue weighted by Gasteiger charge is -1.97. The molecule has 0 saturated carbocycles. The molecule has 0 fully saturated rings. The van der Waals surface area contributed by atoms with E-state index in [2.05, 4.69) is 10.4 Å². The molecule has 2 aromatic heterocycles. The van der Waals surface area contributed by atoms with Gasteiger partial charge in [-0.1, -0.05) is 0 Å². The number of rotatable bonds is 3. The molecule has 7 heteroatoms. The average Bonchev–Trinajstić information content (AvgIpc) is 2.85. The number of aryl methyl sites for hydroxylation is 1. The molecule has 0 aliphatic carbocycles. The molecule has 2 aromatic rings. The van der Waals surface area contributed by atoms with E-state index in [4.69, 9.17) is 5.11 Å². The number of amides is 1. The number of aliphatic hydroxyl groups excluding tert-OH is 1. The third-order valence-corrected chi connectivity index (χ3v) is 3.05. The maximum Gasteiger partial charge on any atom is 0.267 e. The summed E-state index contributed by atoms with van der Waals surface area (Å²) in [6, 6.07) is 4.20. The third kappa shape index (κ3) is 2.51. The van der Waals surface area contributed by atoms with Crippen molar-refractivity contribution in [3.63, 3.8) is 0 Å². The molecule has 2 rings (SSSR count). The highest BCUT2D eigenvalue weighted by molar-refractivity contribution is 7.12. The highest BCUT2D eigenvalue weighted by Gasteiger charge is 2.12. The van der Waals surface area contributed by atoms with E-state index in [0.717, 1.165) is 11.3 Å². The van der Waals surface area contributed by atoms with Crippen LogP contribution in [0, 0.1) is 5.13 Å². The Morgan fingerprint density at radius 3 is 2.94 bits per heavy atom. The number of aromatic nitrogens is 2. The van der Waals surface area contributed by atoms with Crippen LogP contribution in [0.2, 0.25) is 0 Å². The van der Waals surface area contributed by atoms with Gasteiger partial charge in [0.15, 0.2) is 10.9 Å². The van der Waals surface area contributed by atoms with Crippen molar-refractivity contribution in [2.75, 3.05) is 5.32 Å². The Balaban J connectivity index is 2.12. The fraction of sp³-hybridized carbons (Fsp3) is 0.200. The summed E-state index contributed by atoms with van der Waals surface area (Å²) in [5, 5.41) is 15.1. The van der Waals surface area contributed by atoms with E-state index in [-0.39, 0.29) is 11.5 Å². The van der Waals surface area contributed by atoms with Crippen molar-refractivity contribution in [3.05, 3.63) is 33.9 Å². The minimum atomic E-state index is -0.415. The van der Waals surface area contributed by atoms with Crippen LogP contribution in [0.15, 0.2) is 18.2 Å². The van der Waals surface area contributed by atoms with E-state index in [1.165, 1.54) is 16.8 Å². The molecule has 1 amide bonds. The first-order valence-electron chi connectivity index (χ1n) is 4.80. The van der Waals surface area contributed by atoms with E-state index in [1.807, 2.05) is 0 Å². The van der Waals surface area contributed by atoms with Crippen molar-refractivity contribution in [2.45, 2.75) is 6.61 Å². The smallest absolute Gasteiger partial charge is 0.267 e. The number of carbonyl (C=O) groups excluding carboxylic acids is 1. The third-order valence-electron chi connectivity index (χ3n) is 2.18. The Morgan fingerprint density at radius 1 is 1.65 bits per heavy atom. The van der Waals surface area contributed by atoms with Crippen LogP contribution in [0.1, 0.15) is 15.4 Å². The first-order valence-corrected chi connectivity index (χ1v) is 5.62. The lowest BCUT2D eigenvalue weighted by molar-refractivity contribution is 0.103. The van der Waals surface area contributed by atoms with Crippen LogP contribution in [0.3, 0.4) is 0 Å². The fourth-order valence-corrected chi connectivity index (χ4v) is 1.96. The van der Waals surface area contributed by atoms with Crippen LogP contribution in [-0.4, -0.2) is 20.8 Å². The Bertz CT molecular complexity index is 549. The predicted octanol–water partition coefficient (Wildman–Crippen LogP) is 1.37. The Labute approximate surface area is 101 Å². The second-order valence-electron chi connectivity index (χ2n) is 3.36. The van der Waals surface area contributed by atoms with E-state index in [0.29, 0.717) is 11.5 Å². The number of nitrogens with one attached hydrogen (secondary N) is 1. The molecular weight excluding hydrogens is 245 g/mol. The molecule has 5 nitrogen and oxygen atoms in total. The molecule has 0 unspecified atom stereocenters. The van der Waals surface area contributed by atoms with E-state index in [9.17, 15) is 9.18 Å². The number of nitrogens with zero attached hydrogens (tertiary/aromatic N) is 2. The quantitative estimate of drug-likeness (QED) is 0.870. The minimum absolute atomic E-state index is 0.160. The van der Waals surface area contributed by atoms with Gasteiger partial charge >= 0.3 is 0 Å². The lowest BCUT2D eigenvalue weighted by Crippen LogP contribution is -2.10. The van der Waals surface area contributed by atoms with Gasteiger partial charge in [-0.25, -0.2) is 0 Å². The second kappa shape index (κ2) is 4.64. The molecule has 0 aliphatic heterocycles. The summed E-state index contributed by atoms with van der Waals surface area (Å²) < 4.78 is 14.2. The van der Waals surface area contributed by atoms with Crippen molar-refractivity contribution in [3.8, 4) is 0 Å². The first kappa shape index (κ1) is 11.7. The number of hydrogen-bond donors (Lipinski definition) is 2. The Morgan fingerprint density at radius 2 is 2.41 bits per heavy atom. The lowest BCUT2D eigenvalue weighted by atomic mass is 10.4. The molecule has 0 radical (unpaired) electrons. The van der Waals surface area contributed by atoms with Crippen LogP contribution in [0.5, 0.6) is 0 Å². The standard InChI is InChI=1S/C10H10FN3O2S/c1-14-6(5-15)4-9(13-14)12-10(16)7-2-3-8(11)17-7/h2-4,15H,5H2,1H3,(H,12,13,16). The van der Waals surface area contributed by atoms with Gasteiger partial charge in [0, 0.05) is 13.1 Å². The summed E-state index contributed by atoms with van der Waals surface area (Å²) in [5.74, 6) is -0.0863. The SMILES string of the molecule is Cn1nc(NC(=O)c2ccc(F)s2)cc1CO. The number of carbonyl (C=O) groups is 1. The number of halogens is 1. The molecule has 17 heavy (non-hydrogen) atoms. The summed E-state index contributed by atoms with van der Waals surface area (Å²) in [4.78, 5) is 11.9. The summed E-state index contributed by atoms with van der Waals surface area (Å²) in [7, 11) is 1.66. The van der Waals surface area contributed by atoms with Crippen LogP contribution in [0.4, 0.5) is 10.2 Å². The number of thiophene rings is 1. The van der Waals surface area contributed by atoms with Gasteiger partial charge in [-0.05, 0) is 12.1 Å². The maximum atomic E-state index is 12.7. The molecular formula is C10H10FN3O2S. The van der Waals surface area contributed by atoms with Gasteiger partial charge in [0.25, 0.3) is 5.91 Å². The first-order chi connectivity index (χ1) is 8.10. The van der Waals surface area contributed by atoms with Gasteiger partial charge in [0.1, 0.15) is 0 Å². The van der Waals surface area contributed by atoms with E-state index in [1.54, 1.807) is 13.1 Å². The van der Waals surface area contributed by atoms with Gasteiger partial charge in [0.05, 0.1) is 17.2 Å². The van der Waals surface area contributed by atoms with Crippen molar-refractivity contribution < 1.29 is 14.3 Å². The predicted molar refractivity (Wildman–Crippen MR) is 61.4 cm³/mol. The number of aliphatic hydroxyl groups is 1.